The van der Waals surface area contributed by atoms with Crippen LogP contribution in [0.15, 0.2) is 100.0 Å². The van der Waals surface area contributed by atoms with E-state index in [-0.39, 0.29) is 11.7 Å². The highest BCUT2D eigenvalue weighted by molar-refractivity contribution is 9.10. The predicted octanol–water partition coefficient (Wildman–Crippen LogP) is 7.80. The van der Waals surface area contributed by atoms with E-state index in [9.17, 15) is 4.79 Å². The first kappa shape index (κ1) is 21.0. The molecule has 0 spiro atoms. The molecule has 3 nitrogen and oxygen atoms in total. The summed E-state index contributed by atoms with van der Waals surface area (Å²) in [5, 5.41) is 0. The van der Waals surface area contributed by atoms with Crippen molar-refractivity contribution < 1.29 is 4.79 Å². The molecule has 32 heavy (non-hydrogen) atoms. The first-order valence-electron chi connectivity index (χ1n) is 10.3. The van der Waals surface area contributed by atoms with Crippen molar-refractivity contribution in [2.24, 2.45) is 5.92 Å². The Bertz CT molecular complexity index is 1370. The number of allylic oxidation sites excluding steroid dienone is 4. The lowest BCUT2D eigenvalue weighted by atomic mass is 9.91. The average molecular weight is 546 g/mol. The summed E-state index contributed by atoms with van der Waals surface area (Å²) in [7, 11) is 0. The number of carbonyl (C=O) groups excluding carboxylic acids is 1. The van der Waals surface area contributed by atoms with E-state index >= 15 is 0 Å². The lowest BCUT2D eigenvalue weighted by molar-refractivity contribution is 0.0945. The summed E-state index contributed by atoms with van der Waals surface area (Å²) in [6.45, 7) is 0. The highest BCUT2D eigenvalue weighted by Gasteiger charge is 2.19. The molecule has 1 unspecified atom stereocenters. The number of hydrogen-bond donors (Lipinski definition) is 0. The van der Waals surface area contributed by atoms with Crippen LogP contribution in [0.1, 0.15) is 16.8 Å². The Kier molecular flexibility index (Phi) is 5.85. The van der Waals surface area contributed by atoms with E-state index < -0.39 is 0 Å². The maximum atomic E-state index is 13.0. The van der Waals surface area contributed by atoms with E-state index in [1.54, 1.807) is 0 Å². The first-order valence-corrected chi connectivity index (χ1v) is 11.9. The van der Waals surface area contributed by atoms with Crippen LogP contribution >= 0.6 is 31.9 Å². The third-order valence-corrected chi connectivity index (χ3v) is 6.56. The van der Waals surface area contributed by atoms with Crippen LogP contribution in [-0.4, -0.2) is 15.8 Å². The molecule has 3 aromatic carbocycles. The van der Waals surface area contributed by atoms with Crippen molar-refractivity contribution in [3.05, 3.63) is 106 Å². The zero-order valence-electron chi connectivity index (χ0n) is 17.0. The summed E-state index contributed by atoms with van der Waals surface area (Å²) in [4.78, 5) is 23.0. The smallest absolute Gasteiger partial charge is 0.170 e. The second kappa shape index (κ2) is 8.93. The fourth-order valence-corrected chi connectivity index (χ4v) is 4.34. The predicted molar refractivity (Wildman–Crippen MR) is 137 cm³/mol. The topological polar surface area (TPSA) is 42.9 Å². The number of hydrogen-bond acceptors (Lipinski definition) is 3. The molecule has 0 fully saturated rings. The van der Waals surface area contributed by atoms with Crippen LogP contribution in [0.2, 0.25) is 0 Å². The van der Waals surface area contributed by atoms with Gasteiger partial charge in [-0.2, -0.15) is 0 Å². The Hall–Kier alpha value is -2.89. The summed E-state index contributed by atoms with van der Waals surface area (Å²) in [5.41, 5.74) is 5.70. The molecule has 0 N–H and O–H groups in total. The molecular formula is C27H18Br2N2O. The number of fused-ring (bicyclic) bond motifs is 1. The van der Waals surface area contributed by atoms with Crippen LogP contribution in [-0.2, 0) is 0 Å². The van der Waals surface area contributed by atoms with E-state index in [4.69, 9.17) is 9.97 Å². The normalized spacial score (nSPS) is 15.2. The number of rotatable bonds is 4. The van der Waals surface area contributed by atoms with Gasteiger partial charge in [-0.15, -0.1) is 0 Å². The van der Waals surface area contributed by atoms with Crippen molar-refractivity contribution in [1.29, 1.82) is 0 Å². The zero-order valence-corrected chi connectivity index (χ0v) is 20.2. The lowest BCUT2D eigenvalue weighted by Gasteiger charge is -2.14. The summed E-state index contributed by atoms with van der Waals surface area (Å²) >= 11 is 7.00. The number of aromatic nitrogens is 2. The molecule has 5 rings (SSSR count). The molecule has 156 valence electrons. The van der Waals surface area contributed by atoms with Gasteiger partial charge in [-0.3, -0.25) is 4.79 Å². The zero-order chi connectivity index (χ0) is 22.1. The molecule has 1 aliphatic rings. The fraction of sp³-hybridized carbons (Fsp3) is 0.0741. The molecule has 1 heterocycles. The Morgan fingerprint density at radius 3 is 1.91 bits per heavy atom. The van der Waals surface area contributed by atoms with Crippen molar-refractivity contribution in [2.75, 3.05) is 0 Å². The largest absolute Gasteiger partial charge is 0.294 e. The minimum atomic E-state index is -0.126. The van der Waals surface area contributed by atoms with Gasteiger partial charge in [0, 0.05) is 31.6 Å². The number of benzene rings is 3. The standard InChI is InChI=1S/C27H18Br2N2O/c28-21-11-6-17(7-12-21)25-26(18-8-13-22(29)14-9-18)31-24-16-20(10-15-23(24)30-25)27(32)19-4-2-1-3-5-19/h1-4,6-16,19H,5H2. The fourth-order valence-electron chi connectivity index (χ4n) is 3.81. The van der Waals surface area contributed by atoms with Gasteiger partial charge in [0.05, 0.1) is 22.4 Å². The molecule has 1 aliphatic carbocycles. The molecule has 0 radical (unpaired) electrons. The monoisotopic (exact) mass is 544 g/mol. The second-order valence-corrected chi connectivity index (χ2v) is 9.49. The number of carbonyl (C=O) groups is 1. The van der Waals surface area contributed by atoms with E-state index in [1.165, 1.54) is 0 Å². The van der Waals surface area contributed by atoms with Crippen LogP contribution in [0.25, 0.3) is 33.5 Å². The first-order chi connectivity index (χ1) is 15.6. The van der Waals surface area contributed by atoms with Gasteiger partial charge in [0.2, 0.25) is 0 Å². The SMILES string of the molecule is O=C(c1ccc2nc(-c3ccc(Br)cc3)c(-c3ccc(Br)cc3)nc2c1)C1C=CC=CC1. The summed E-state index contributed by atoms with van der Waals surface area (Å²) in [5.74, 6) is -0.0186. The summed E-state index contributed by atoms with van der Waals surface area (Å²) < 4.78 is 2.01. The molecule has 0 bridgehead atoms. The van der Waals surface area contributed by atoms with Gasteiger partial charge in [0.1, 0.15) is 0 Å². The van der Waals surface area contributed by atoms with Crippen LogP contribution in [0, 0.1) is 5.92 Å². The number of halogens is 2. The van der Waals surface area contributed by atoms with Crippen molar-refractivity contribution in [2.45, 2.75) is 6.42 Å². The van der Waals surface area contributed by atoms with Crippen molar-refractivity contribution in [1.82, 2.24) is 9.97 Å². The van der Waals surface area contributed by atoms with Gasteiger partial charge in [0.25, 0.3) is 0 Å². The van der Waals surface area contributed by atoms with Crippen molar-refractivity contribution in [3.63, 3.8) is 0 Å². The van der Waals surface area contributed by atoms with Crippen LogP contribution in [0.4, 0.5) is 0 Å². The molecule has 0 saturated heterocycles. The maximum Gasteiger partial charge on any atom is 0.170 e. The van der Waals surface area contributed by atoms with E-state index in [0.29, 0.717) is 11.1 Å². The minimum Gasteiger partial charge on any atom is -0.294 e. The Labute approximate surface area is 203 Å². The number of ketones is 1. The molecule has 4 aromatic rings. The Morgan fingerprint density at radius 2 is 1.34 bits per heavy atom. The second-order valence-electron chi connectivity index (χ2n) is 7.66. The highest BCUT2D eigenvalue weighted by atomic mass is 79.9. The molecule has 0 amide bonds. The number of nitrogens with zero attached hydrogens (tertiary/aromatic N) is 2. The third kappa shape index (κ3) is 4.23. The molecule has 0 aliphatic heterocycles. The van der Waals surface area contributed by atoms with Crippen molar-refractivity contribution in [3.8, 4) is 22.5 Å². The Morgan fingerprint density at radius 1 is 0.750 bits per heavy atom. The van der Waals surface area contributed by atoms with Crippen LogP contribution in [0.5, 0.6) is 0 Å². The Balaban J connectivity index is 1.65. The summed E-state index contributed by atoms with van der Waals surface area (Å²) in [6.07, 6.45) is 8.63. The molecular weight excluding hydrogens is 528 g/mol. The average Bonchev–Trinajstić information content (AvgIpc) is 2.84. The van der Waals surface area contributed by atoms with Gasteiger partial charge in [-0.1, -0.05) is 80.4 Å². The lowest BCUT2D eigenvalue weighted by Crippen LogP contribution is -2.13. The van der Waals surface area contributed by atoms with Gasteiger partial charge >= 0.3 is 0 Å². The van der Waals surface area contributed by atoms with E-state index in [1.807, 2.05) is 91.0 Å². The maximum absolute atomic E-state index is 13.0. The molecule has 5 heteroatoms. The van der Waals surface area contributed by atoms with Crippen molar-refractivity contribution >= 4 is 48.7 Å². The number of Topliss-reactive ketones (excluding diaryl/α,β-unsaturated/α-hetero) is 1. The van der Waals surface area contributed by atoms with Crippen LogP contribution in [0.3, 0.4) is 0 Å². The van der Waals surface area contributed by atoms with Gasteiger partial charge < -0.3 is 0 Å². The molecule has 1 atom stereocenters. The third-order valence-electron chi connectivity index (χ3n) is 5.50. The van der Waals surface area contributed by atoms with Crippen LogP contribution < -0.4 is 0 Å². The van der Waals surface area contributed by atoms with E-state index in [0.717, 1.165) is 43.4 Å². The van der Waals surface area contributed by atoms with Gasteiger partial charge in [-0.05, 0) is 48.9 Å². The quantitative estimate of drug-likeness (QED) is 0.246. The van der Waals surface area contributed by atoms with Gasteiger partial charge in [0.15, 0.2) is 5.78 Å². The highest BCUT2D eigenvalue weighted by Crippen LogP contribution is 2.33. The minimum absolute atomic E-state index is 0.108. The van der Waals surface area contributed by atoms with Gasteiger partial charge in [-0.25, -0.2) is 9.97 Å². The molecule has 0 saturated carbocycles. The van der Waals surface area contributed by atoms with E-state index in [2.05, 4.69) is 31.9 Å². The molecule has 1 aromatic heterocycles. The summed E-state index contributed by atoms with van der Waals surface area (Å²) in [6, 6.07) is 21.7.